The molecular formula is C9H12N4O. The van der Waals surface area contributed by atoms with Crippen LogP contribution in [0.4, 0.5) is 0 Å². The minimum atomic E-state index is -0.0667. The molecule has 0 aliphatic heterocycles. The average Bonchev–Trinajstić information content (AvgIpc) is 2.31. The van der Waals surface area contributed by atoms with Crippen LogP contribution in [-0.2, 0) is 14.1 Å². The van der Waals surface area contributed by atoms with Crippen LogP contribution in [0.3, 0.4) is 0 Å². The van der Waals surface area contributed by atoms with Crippen LogP contribution < -0.4 is 5.69 Å². The molecule has 2 heterocycles. The second kappa shape index (κ2) is 2.67. The summed E-state index contributed by atoms with van der Waals surface area (Å²) >= 11 is 0. The summed E-state index contributed by atoms with van der Waals surface area (Å²) in [5.74, 6) is 0.691. The Morgan fingerprint density at radius 3 is 2.36 bits per heavy atom. The predicted octanol–water partition coefficient (Wildman–Crippen LogP) is 0.284. The summed E-state index contributed by atoms with van der Waals surface area (Å²) < 4.78 is 3.11. The molecule has 14 heavy (non-hydrogen) atoms. The molecule has 0 saturated carbocycles. The van der Waals surface area contributed by atoms with E-state index < -0.39 is 0 Å². The number of hydrogen-bond donors (Lipinski definition) is 0. The van der Waals surface area contributed by atoms with Gasteiger partial charge in [0, 0.05) is 14.1 Å². The average molecular weight is 192 g/mol. The Labute approximate surface area is 81.0 Å². The molecular weight excluding hydrogens is 180 g/mol. The van der Waals surface area contributed by atoms with Crippen molar-refractivity contribution in [2.45, 2.75) is 13.8 Å². The maximum atomic E-state index is 11.6. The fourth-order valence-corrected chi connectivity index (χ4v) is 1.73. The zero-order chi connectivity index (χ0) is 10.5. The molecule has 0 aromatic carbocycles. The molecule has 0 unspecified atom stereocenters. The van der Waals surface area contributed by atoms with Crippen LogP contribution in [0.5, 0.6) is 0 Å². The first kappa shape index (κ1) is 8.93. The predicted molar refractivity (Wildman–Crippen MR) is 53.2 cm³/mol. The van der Waals surface area contributed by atoms with Crippen LogP contribution in [0.25, 0.3) is 11.2 Å². The van der Waals surface area contributed by atoms with Crippen molar-refractivity contribution in [2.75, 3.05) is 0 Å². The van der Waals surface area contributed by atoms with E-state index in [9.17, 15) is 4.79 Å². The Kier molecular flexibility index (Phi) is 1.70. The van der Waals surface area contributed by atoms with E-state index >= 15 is 0 Å². The van der Waals surface area contributed by atoms with Gasteiger partial charge in [0.1, 0.15) is 11.3 Å². The van der Waals surface area contributed by atoms with Crippen molar-refractivity contribution in [1.82, 2.24) is 19.1 Å². The van der Waals surface area contributed by atoms with Crippen LogP contribution in [-0.4, -0.2) is 19.1 Å². The first-order chi connectivity index (χ1) is 6.52. The van der Waals surface area contributed by atoms with E-state index in [1.165, 1.54) is 4.57 Å². The van der Waals surface area contributed by atoms with Crippen LogP contribution >= 0.6 is 0 Å². The minimum Gasteiger partial charge on any atom is -0.292 e. The maximum absolute atomic E-state index is 11.6. The van der Waals surface area contributed by atoms with Gasteiger partial charge in [-0.2, -0.15) is 0 Å². The number of nitrogens with zero attached hydrogens (tertiary/aromatic N) is 4. The van der Waals surface area contributed by atoms with Crippen molar-refractivity contribution in [1.29, 1.82) is 0 Å². The van der Waals surface area contributed by atoms with E-state index in [-0.39, 0.29) is 5.69 Å². The second-order valence-electron chi connectivity index (χ2n) is 3.43. The Hall–Kier alpha value is -1.65. The van der Waals surface area contributed by atoms with Gasteiger partial charge in [0.25, 0.3) is 0 Å². The largest absolute Gasteiger partial charge is 0.329 e. The van der Waals surface area contributed by atoms with Gasteiger partial charge < -0.3 is 0 Å². The molecule has 2 aromatic heterocycles. The molecule has 0 saturated heterocycles. The van der Waals surface area contributed by atoms with Crippen LogP contribution in [0.2, 0.25) is 0 Å². The van der Waals surface area contributed by atoms with E-state index in [0.29, 0.717) is 11.5 Å². The number of aryl methyl sites for hydroxylation is 4. The van der Waals surface area contributed by atoms with E-state index in [1.54, 1.807) is 18.7 Å². The minimum absolute atomic E-state index is 0.0667. The Bertz CT molecular complexity index is 564. The summed E-state index contributed by atoms with van der Waals surface area (Å²) in [6, 6.07) is 0. The van der Waals surface area contributed by atoms with Crippen molar-refractivity contribution in [2.24, 2.45) is 14.1 Å². The van der Waals surface area contributed by atoms with Crippen LogP contribution in [0.15, 0.2) is 4.79 Å². The molecule has 0 radical (unpaired) electrons. The number of hydrogen-bond acceptors (Lipinski definition) is 3. The fraction of sp³-hybridized carbons (Fsp3) is 0.444. The highest BCUT2D eigenvalue weighted by Crippen LogP contribution is 2.11. The highest BCUT2D eigenvalue weighted by molar-refractivity contribution is 5.73. The SMILES string of the molecule is Cc1nc(C)c2c(n1)n(C)c(=O)n2C. The molecule has 0 aliphatic carbocycles. The summed E-state index contributed by atoms with van der Waals surface area (Å²) in [6.07, 6.45) is 0. The molecule has 5 heteroatoms. The summed E-state index contributed by atoms with van der Waals surface area (Å²) in [6.45, 7) is 3.71. The van der Waals surface area contributed by atoms with E-state index in [1.807, 2.05) is 13.8 Å². The monoisotopic (exact) mass is 192 g/mol. The number of imidazole rings is 1. The summed E-state index contributed by atoms with van der Waals surface area (Å²) in [7, 11) is 3.45. The van der Waals surface area contributed by atoms with Gasteiger partial charge in [-0.05, 0) is 13.8 Å². The highest BCUT2D eigenvalue weighted by atomic mass is 16.1. The smallest absolute Gasteiger partial charge is 0.292 e. The third-order valence-electron chi connectivity index (χ3n) is 2.38. The van der Waals surface area contributed by atoms with Gasteiger partial charge >= 0.3 is 5.69 Å². The van der Waals surface area contributed by atoms with Crippen LogP contribution in [0, 0.1) is 13.8 Å². The molecule has 74 valence electrons. The summed E-state index contributed by atoms with van der Waals surface area (Å²) in [4.78, 5) is 20.1. The molecule has 0 bridgehead atoms. The first-order valence-corrected chi connectivity index (χ1v) is 4.39. The van der Waals surface area contributed by atoms with Gasteiger partial charge in [-0.1, -0.05) is 0 Å². The van der Waals surface area contributed by atoms with Crippen molar-refractivity contribution in [3.05, 3.63) is 22.0 Å². The first-order valence-electron chi connectivity index (χ1n) is 4.39. The zero-order valence-corrected chi connectivity index (χ0v) is 8.70. The van der Waals surface area contributed by atoms with Crippen LogP contribution in [0.1, 0.15) is 11.5 Å². The fourth-order valence-electron chi connectivity index (χ4n) is 1.73. The van der Waals surface area contributed by atoms with Gasteiger partial charge in [-0.3, -0.25) is 9.13 Å². The lowest BCUT2D eigenvalue weighted by Crippen LogP contribution is -2.19. The van der Waals surface area contributed by atoms with Gasteiger partial charge in [0.2, 0.25) is 0 Å². The molecule has 2 rings (SSSR count). The standard InChI is InChI=1S/C9H12N4O/c1-5-7-8(11-6(2)10-5)13(4)9(14)12(7)3/h1-4H3. The molecule has 2 aromatic rings. The maximum Gasteiger partial charge on any atom is 0.329 e. The van der Waals surface area contributed by atoms with E-state index in [4.69, 9.17) is 0 Å². The molecule has 0 aliphatic rings. The lowest BCUT2D eigenvalue weighted by molar-refractivity contribution is 0.790. The lowest BCUT2D eigenvalue weighted by atomic mass is 10.4. The lowest BCUT2D eigenvalue weighted by Gasteiger charge is -1.99. The van der Waals surface area contributed by atoms with Crippen molar-refractivity contribution in [3.63, 3.8) is 0 Å². The number of rotatable bonds is 0. The third-order valence-corrected chi connectivity index (χ3v) is 2.38. The Balaban J connectivity index is 3.10. The Morgan fingerprint density at radius 1 is 1.07 bits per heavy atom. The normalized spacial score (nSPS) is 11.1. The van der Waals surface area contributed by atoms with Gasteiger partial charge in [-0.15, -0.1) is 0 Å². The topological polar surface area (TPSA) is 52.7 Å². The number of fused-ring (bicyclic) bond motifs is 1. The van der Waals surface area contributed by atoms with Gasteiger partial charge in [-0.25, -0.2) is 14.8 Å². The van der Waals surface area contributed by atoms with E-state index in [2.05, 4.69) is 9.97 Å². The summed E-state index contributed by atoms with van der Waals surface area (Å²) in [5.41, 5.74) is 2.28. The molecule has 0 spiro atoms. The second-order valence-corrected chi connectivity index (χ2v) is 3.43. The molecule has 0 atom stereocenters. The number of aromatic nitrogens is 4. The van der Waals surface area contributed by atoms with Crippen molar-refractivity contribution in [3.8, 4) is 0 Å². The molecule has 0 amide bonds. The molecule has 5 nitrogen and oxygen atoms in total. The Morgan fingerprint density at radius 2 is 1.71 bits per heavy atom. The molecule has 0 N–H and O–H groups in total. The zero-order valence-electron chi connectivity index (χ0n) is 8.70. The van der Waals surface area contributed by atoms with Gasteiger partial charge in [0.05, 0.1) is 5.69 Å². The van der Waals surface area contributed by atoms with E-state index in [0.717, 1.165) is 11.2 Å². The highest BCUT2D eigenvalue weighted by Gasteiger charge is 2.12. The molecule has 0 fully saturated rings. The summed E-state index contributed by atoms with van der Waals surface area (Å²) in [5, 5.41) is 0. The third kappa shape index (κ3) is 0.982. The van der Waals surface area contributed by atoms with Crippen molar-refractivity contribution < 1.29 is 0 Å². The quantitative estimate of drug-likeness (QED) is 0.602. The van der Waals surface area contributed by atoms with Crippen molar-refractivity contribution >= 4 is 11.2 Å². The van der Waals surface area contributed by atoms with Gasteiger partial charge in [0.15, 0.2) is 5.65 Å².